The Bertz CT molecular complexity index is 1380. The van der Waals surface area contributed by atoms with Crippen LogP contribution in [0.2, 0.25) is 0 Å². The molecule has 0 unspecified atom stereocenters. The molecule has 5 aromatic rings. The first-order valence-electron chi connectivity index (χ1n) is 10.5. The van der Waals surface area contributed by atoms with Crippen LogP contribution in [0.5, 0.6) is 0 Å². The van der Waals surface area contributed by atoms with E-state index in [0.717, 1.165) is 38.9 Å². The molecule has 32 heavy (non-hydrogen) atoms. The van der Waals surface area contributed by atoms with E-state index in [2.05, 4.69) is 45.8 Å². The number of nitrogens with two attached hydrogens (primary N) is 1. The quantitative estimate of drug-likeness (QED) is 0.387. The number of rotatable bonds is 6. The first-order chi connectivity index (χ1) is 15.7. The van der Waals surface area contributed by atoms with Gasteiger partial charge < -0.3 is 16.2 Å². The van der Waals surface area contributed by atoms with E-state index < -0.39 is 0 Å². The Morgan fingerprint density at radius 3 is 2.47 bits per heavy atom. The molecule has 5 rings (SSSR count). The SMILES string of the molecule is CN[C@@H](CO)c1nnc2c3cc(-c4ccccc4)c(-c4ccc(CN)cc4)nc3ccn12. The van der Waals surface area contributed by atoms with Gasteiger partial charge in [0.15, 0.2) is 11.5 Å². The molecule has 7 nitrogen and oxygen atoms in total. The number of aliphatic hydroxyl groups is 1. The van der Waals surface area contributed by atoms with E-state index in [0.29, 0.717) is 18.0 Å². The topological polar surface area (TPSA) is 101 Å². The summed E-state index contributed by atoms with van der Waals surface area (Å²) in [6.07, 6.45) is 1.91. The molecule has 4 N–H and O–H groups in total. The third-order valence-corrected chi connectivity index (χ3v) is 5.79. The predicted octanol–water partition coefficient (Wildman–Crippen LogP) is 3.32. The van der Waals surface area contributed by atoms with Crippen molar-refractivity contribution in [2.24, 2.45) is 5.73 Å². The molecule has 0 aliphatic heterocycles. The smallest absolute Gasteiger partial charge is 0.170 e. The van der Waals surface area contributed by atoms with Gasteiger partial charge in [-0.05, 0) is 30.3 Å². The monoisotopic (exact) mass is 424 g/mol. The molecular formula is C25H24N6O. The van der Waals surface area contributed by atoms with Crippen LogP contribution in [0.4, 0.5) is 0 Å². The molecule has 160 valence electrons. The molecule has 0 saturated heterocycles. The lowest BCUT2D eigenvalue weighted by molar-refractivity contribution is 0.245. The van der Waals surface area contributed by atoms with Crippen LogP contribution in [0.15, 0.2) is 72.9 Å². The summed E-state index contributed by atoms with van der Waals surface area (Å²) in [6.45, 7) is 0.437. The Morgan fingerprint density at radius 1 is 1.00 bits per heavy atom. The average Bonchev–Trinajstić information content (AvgIpc) is 3.29. The number of hydrogen-bond acceptors (Lipinski definition) is 6. The number of pyridine rings is 2. The Labute approximate surface area is 185 Å². The van der Waals surface area contributed by atoms with Gasteiger partial charge in [0, 0.05) is 29.3 Å². The minimum absolute atomic E-state index is 0.0689. The van der Waals surface area contributed by atoms with Gasteiger partial charge in [0.25, 0.3) is 0 Å². The zero-order chi connectivity index (χ0) is 22.1. The standard InChI is InChI=1S/C25H24N6O/c1-27-22(15-32)25-30-29-24-20-13-19(17-5-3-2-4-6-17)23(28-21(20)11-12-31(24)25)18-9-7-16(14-26)8-10-18/h2-13,22,27,32H,14-15,26H2,1H3/t22-/m0/s1. The fraction of sp³-hybridized carbons (Fsp3) is 0.160. The van der Waals surface area contributed by atoms with Crippen molar-refractivity contribution in [1.82, 2.24) is 24.9 Å². The maximum atomic E-state index is 9.70. The first-order valence-corrected chi connectivity index (χ1v) is 10.5. The van der Waals surface area contributed by atoms with Crippen LogP contribution >= 0.6 is 0 Å². The Kier molecular flexibility index (Phi) is 5.36. The highest BCUT2D eigenvalue weighted by molar-refractivity contribution is 5.98. The van der Waals surface area contributed by atoms with E-state index in [4.69, 9.17) is 10.7 Å². The normalized spacial score (nSPS) is 12.5. The molecule has 0 radical (unpaired) electrons. The number of nitrogens with one attached hydrogen (secondary N) is 1. The van der Waals surface area contributed by atoms with Gasteiger partial charge in [-0.25, -0.2) is 4.98 Å². The number of benzene rings is 2. The summed E-state index contributed by atoms with van der Waals surface area (Å²) in [6, 6.07) is 22.2. The molecule has 0 aliphatic rings. The molecule has 1 atom stereocenters. The lowest BCUT2D eigenvalue weighted by Crippen LogP contribution is -2.22. The lowest BCUT2D eigenvalue weighted by atomic mass is 9.97. The molecule has 3 heterocycles. The first kappa shape index (κ1) is 20.3. The molecule has 0 amide bonds. The van der Waals surface area contributed by atoms with Gasteiger partial charge in [-0.3, -0.25) is 4.40 Å². The zero-order valence-corrected chi connectivity index (χ0v) is 17.7. The van der Waals surface area contributed by atoms with Gasteiger partial charge >= 0.3 is 0 Å². The summed E-state index contributed by atoms with van der Waals surface area (Å²) in [5.74, 6) is 0.662. The highest BCUT2D eigenvalue weighted by Gasteiger charge is 2.19. The van der Waals surface area contributed by atoms with Crippen LogP contribution in [0.3, 0.4) is 0 Å². The van der Waals surface area contributed by atoms with E-state index in [9.17, 15) is 5.11 Å². The Morgan fingerprint density at radius 2 is 1.78 bits per heavy atom. The van der Waals surface area contributed by atoms with Gasteiger partial charge in [-0.15, -0.1) is 10.2 Å². The van der Waals surface area contributed by atoms with E-state index in [1.807, 2.05) is 47.0 Å². The fourth-order valence-electron chi connectivity index (χ4n) is 4.01. The summed E-state index contributed by atoms with van der Waals surface area (Å²) in [5.41, 5.74) is 12.4. The van der Waals surface area contributed by atoms with Crippen LogP contribution in [-0.2, 0) is 6.54 Å². The van der Waals surface area contributed by atoms with Crippen molar-refractivity contribution in [2.75, 3.05) is 13.7 Å². The number of hydrogen-bond donors (Lipinski definition) is 3. The van der Waals surface area contributed by atoms with E-state index in [-0.39, 0.29) is 12.6 Å². The Hall–Kier alpha value is -3.65. The summed E-state index contributed by atoms with van der Waals surface area (Å²) in [5, 5.41) is 22.4. The van der Waals surface area contributed by atoms with Gasteiger partial charge in [0.05, 0.1) is 23.9 Å². The largest absolute Gasteiger partial charge is 0.394 e. The third kappa shape index (κ3) is 3.42. The van der Waals surface area contributed by atoms with Crippen LogP contribution in [0.25, 0.3) is 38.9 Å². The number of nitrogens with zero attached hydrogens (tertiary/aromatic N) is 4. The summed E-state index contributed by atoms with van der Waals surface area (Å²) < 4.78 is 1.91. The highest BCUT2D eigenvalue weighted by atomic mass is 16.3. The molecule has 0 aliphatic carbocycles. The second-order valence-corrected chi connectivity index (χ2v) is 7.68. The van der Waals surface area contributed by atoms with E-state index in [1.165, 1.54) is 0 Å². The summed E-state index contributed by atoms with van der Waals surface area (Å²) in [4.78, 5) is 5.04. The van der Waals surface area contributed by atoms with Crippen LogP contribution in [0.1, 0.15) is 17.4 Å². The Balaban J connectivity index is 1.77. The van der Waals surface area contributed by atoms with Crippen molar-refractivity contribution in [3.8, 4) is 22.4 Å². The van der Waals surface area contributed by atoms with E-state index >= 15 is 0 Å². The van der Waals surface area contributed by atoms with Crippen LogP contribution < -0.4 is 11.1 Å². The lowest BCUT2D eigenvalue weighted by Gasteiger charge is -2.14. The predicted molar refractivity (Wildman–Crippen MR) is 126 cm³/mol. The van der Waals surface area contributed by atoms with Crippen LogP contribution in [0, 0.1) is 0 Å². The number of aliphatic hydroxyl groups excluding tert-OH is 1. The summed E-state index contributed by atoms with van der Waals surface area (Å²) >= 11 is 0. The van der Waals surface area contributed by atoms with Crippen molar-refractivity contribution in [3.63, 3.8) is 0 Å². The van der Waals surface area contributed by atoms with Crippen LogP contribution in [-0.4, -0.2) is 38.3 Å². The maximum Gasteiger partial charge on any atom is 0.170 e. The second kappa shape index (κ2) is 8.47. The molecule has 2 aromatic carbocycles. The number of likely N-dealkylation sites (N-methyl/N-ethyl adjacent to an activating group) is 1. The van der Waals surface area contributed by atoms with Crippen molar-refractivity contribution >= 4 is 16.6 Å². The highest BCUT2D eigenvalue weighted by Crippen LogP contribution is 2.34. The average molecular weight is 425 g/mol. The molecule has 0 bridgehead atoms. The zero-order valence-electron chi connectivity index (χ0n) is 17.7. The van der Waals surface area contributed by atoms with Crippen molar-refractivity contribution in [1.29, 1.82) is 0 Å². The number of fused-ring (bicyclic) bond motifs is 3. The summed E-state index contributed by atoms with van der Waals surface area (Å²) in [7, 11) is 1.79. The third-order valence-electron chi connectivity index (χ3n) is 5.79. The second-order valence-electron chi connectivity index (χ2n) is 7.68. The van der Waals surface area contributed by atoms with Crippen molar-refractivity contribution in [2.45, 2.75) is 12.6 Å². The minimum Gasteiger partial charge on any atom is -0.394 e. The molecule has 3 aromatic heterocycles. The molecule has 0 saturated carbocycles. The van der Waals surface area contributed by atoms with Gasteiger partial charge in [-0.2, -0.15) is 0 Å². The molecule has 0 spiro atoms. The number of aromatic nitrogens is 4. The maximum absolute atomic E-state index is 9.70. The molecule has 0 fully saturated rings. The molecule has 7 heteroatoms. The van der Waals surface area contributed by atoms with Crippen molar-refractivity contribution in [3.05, 3.63) is 84.3 Å². The van der Waals surface area contributed by atoms with Gasteiger partial charge in [-0.1, -0.05) is 54.6 Å². The molecular weight excluding hydrogens is 400 g/mol. The fourth-order valence-corrected chi connectivity index (χ4v) is 4.01. The van der Waals surface area contributed by atoms with Gasteiger partial charge in [0.2, 0.25) is 0 Å². The minimum atomic E-state index is -0.302. The van der Waals surface area contributed by atoms with Gasteiger partial charge in [0.1, 0.15) is 0 Å². The van der Waals surface area contributed by atoms with Crippen molar-refractivity contribution < 1.29 is 5.11 Å². The van der Waals surface area contributed by atoms with E-state index in [1.54, 1.807) is 7.05 Å².